The number of hydrogen-bond donors (Lipinski definition) is 1. The lowest BCUT2D eigenvalue weighted by molar-refractivity contribution is -0.122. The fraction of sp³-hybridized carbons (Fsp3) is 0.667. The number of nitrogens with one attached hydrogen (secondary N) is 1. The van der Waals surface area contributed by atoms with E-state index in [1.165, 1.54) is 0 Å². The zero-order valence-corrected chi connectivity index (χ0v) is 20.2. The number of ether oxygens (including phenoxy) is 1. The lowest BCUT2D eigenvalue weighted by Crippen LogP contribution is -2.51. The van der Waals surface area contributed by atoms with E-state index < -0.39 is 5.41 Å². The van der Waals surface area contributed by atoms with Crippen LogP contribution in [0.25, 0.3) is 0 Å². The number of anilines is 1. The van der Waals surface area contributed by atoms with E-state index in [9.17, 15) is 9.59 Å². The molecule has 172 valence electrons. The Hall–Kier alpha value is -1.63. The first-order valence-electron chi connectivity index (χ1n) is 11.4. The van der Waals surface area contributed by atoms with Crippen LogP contribution in [0.4, 0.5) is 5.69 Å². The molecule has 1 aromatic rings. The number of unbranched alkanes of at least 4 members (excludes halogenated alkanes) is 1. The van der Waals surface area contributed by atoms with Gasteiger partial charge in [0.15, 0.2) is 0 Å². The third kappa shape index (κ3) is 4.76. The van der Waals surface area contributed by atoms with E-state index in [4.69, 9.17) is 16.3 Å². The monoisotopic (exact) mass is 449 g/mol. The number of carbonyl (C=O) groups excluding carboxylic acids is 2. The van der Waals surface area contributed by atoms with Crippen molar-refractivity contribution in [2.24, 2.45) is 0 Å². The molecule has 1 aromatic carbocycles. The van der Waals surface area contributed by atoms with Gasteiger partial charge in [-0.05, 0) is 77.6 Å². The molecule has 1 saturated heterocycles. The number of benzene rings is 1. The number of rotatable bonds is 8. The summed E-state index contributed by atoms with van der Waals surface area (Å²) in [5, 5.41) is 3.82. The summed E-state index contributed by atoms with van der Waals surface area (Å²) in [6, 6.07) is 3.88. The molecule has 7 heteroatoms. The van der Waals surface area contributed by atoms with Crippen LogP contribution in [0.2, 0.25) is 5.02 Å². The van der Waals surface area contributed by atoms with E-state index in [2.05, 4.69) is 5.32 Å². The molecule has 2 aliphatic rings. The third-order valence-electron chi connectivity index (χ3n) is 6.50. The van der Waals surface area contributed by atoms with Crippen LogP contribution in [0.3, 0.4) is 0 Å². The van der Waals surface area contributed by atoms with Crippen molar-refractivity contribution in [1.29, 1.82) is 0 Å². The highest BCUT2D eigenvalue weighted by molar-refractivity contribution is 6.34. The minimum atomic E-state index is -0.660. The molecule has 0 radical (unpaired) electrons. The molecule has 0 unspecified atom stereocenters. The summed E-state index contributed by atoms with van der Waals surface area (Å²) in [7, 11) is 1.68. The SMILES string of the molecule is COCCCCN1C(=O)C(C)(C)c2cc(Cl)c(C(=O)N(C(C)C)[C@@H]3CCCNC3)cc21. The van der Waals surface area contributed by atoms with Crippen molar-refractivity contribution in [1.82, 2.24) is 10.2 Å². The summed E-state index contributed by atoms with van der Waals surface area (Å²) in [6.07, 6.45) is 3.76. The van der Waals surface area contributed by atoms with E-state index >= 15 is 0 Å². The van der Waals surface area contributed by atoms with Crippen LogP contribution in [0.1, 0.15) is 69.3 Å². The van der Waals surface area contributed by atoms with Gasteiger partial charge in [0.05, 0.1) is 16.0 Å². The number of hydrogen-bond acceptors (Lipinski definition) is 4. The van der Waals surface area contributed by atoms with Crippen LogP contribution in [0.5, 0.6) is 0 Å². The van der Waals surface area contributed by atoms with Crippen LogP contribution in [-0.2, 0) is 14.9 Å². The van der Waals surface area contributed by atoms with Crippen LogP contribution in [-0.4, -0.2) is 62.1 Å². The Morgan fingerprint density at radius 3 is 2.71 bits per heavy atom. The minimum absolute atomic E-state index is 0.0535. The number of amides is 2. The zero-order valence-electron chi connectivity index (χ0n) is 19.5. The van der Waals surface area contributed by atoms with Gasteiger partial charge in [-0.1, -0.05) is 11.6 Å². The summed E-state index contributed by atoms with van der Waals surface area (Å²) in [4.78, 5) is 30.6. The summed E-state index contributed by atoms with van der Waals surface area (Å²) in [5.41, 5.74) is 1.52. The number of piperidine rings is 1. The van der Waals surface area contributed by atoms with Crippen LogP contribution in [0.15, 0.2) is 12.1 Å². The lowest BCUT2D eigenvalue weighted by Gasteiger charge is -2.38. The Balaban J connectivity index is 1.95. The Labute approximate surface area is 191 Å². The van der Waals surface area contributed by atoms with E-state index in [1.54, 1.807) is 7.11 Å². The number of carbonyl (C=O) groups is 2. The van der Waals surface area contributed by atoms with Crippen molar-refractivity contribution in [3.05, 3.63) is 28.3 Å². The van der Waals surface area contributed by atoms with Gasteiger partial charge in [-0.25, -0.2) is 0 Å². The van der Waals surface area contributed by atoms with Gasteiger partial charge in [0.2, 0.25) is 5.91 Å². The molecule has 0 bridgehead atoms. The molecule has 0 saturated carbocycles. The van der Waals surface area contributed by atoms with Crippen molar-refractivity contribution in [2.75, 3.05) is 38.3 Å². The van der Waals surface area contributed by atoms with Crippen molar-refractivity contribution in [3.8, 4) is 0 Å². The largest absolute Gasteiger partial charge is 0.385 e. The van der Waals surface area contributed by atoms with Gasteiger partial charge in [0.25, 0.3) is 5.91 Å². The number of methoxy groups -OCH3 is 1. The normalized spacial score (nSPS) is 20.3. The van der Waals surface area contributed by atoms with Crippen LogP contribution in [0, 0.1) is 0 Å². The second-order valence-electron chi connectivity index (χ2n) is 9.44. The van der Waals surface area contributed by atoms with E-state index in [-0.39, 0.29) is 23.9 Å². The molecule has 2 aliphatic heterocycles. The molecule has 1 fully saturated rings. The minimum Gasteiger partial charge on any atom is -0.385 e. The Kier molecular flexibility index (Phi) is 7.66. The van der Waals surface area contributed by atoms with Crippen LogP contribution < -0.4 is 10.2 Å². The summed E-state index contributed by atoms with van der Waals surface area (Å²) >= 11 is 6.65. The highest BCUT2D eigenvalue weighted by atomic mass is 35.5. The molecule has 1 N–H and O–H groups in total. The molecule has 2 amide bonds. The molecule has 31 heavy (non-hydrogen) atoms. The van der Waals surface area contributed by atoms with E-state index in [0.717, 1.165) is 50.0 Å². The average molecular weight is 450 g/mol. The number of halogens is 1. The lowest BCUT2D eigenvalue weighted by atomic mass is 9.85. The van der Waals surface area contributed by atoms with Gasteiger partial charge in [0.1, 0.15) is 0 Å². The van der Waals surface area contributed by atoms with Crippen molar-refractivity contribution in [3.63, 3.8) is 0 Å². The van der Waals surface area contributed by atoms with Gasteiger partial charge < -0.3 is 19.9 Å². The van der Waals surface area contributed by atoms with E-state index in [0.29, 0.717) is 23.7 Å². The third-order valence-corrected chi connectivity index (χ3v) is 6.81. The Morgan fingerprint density at radius 2 is 2.10 bits per heavy atom. The van der Waals surface area contributed by atoms with Gasteiger partial charge >= 0.3 is 0 Å². The maximum absolute atomic E-state index is 13.6. The number of nitrogens with zero attached hydrogens (tertiary/aromatic N) is 2. The predicted molar refractivity (Wildman–Crippen MR) is 125 cm³/mol. The smallest absolute Gasteiger partial charge is 0.255 e. The molecular formula is C24H36ClN3O3. The quantitative estimate of drug-likeness (QED) is 0.609. The molecule has 6 nitrogen and oxygen atoms in total. The fourth-order valence-electron chi connectivity index (χ4n) is 4.78. The molecule has 0 aromatic heterocycles. The molecule has 3 rings (SSSR count). The standard InChI is InChI=1S/C24H36ClN3O3/c1-16(2)28(17-9-8-10-26-15-17)22(29)18-13-21-19(14-20(18)25)24(3,4)23(30)27(21)11-6-7-12-31-5/h13-14,16-17,26H,6-12,15H2,1-5H3/t17-/m1/s1. The maximum Gasteiger partial charge on any atom is 0.255 e. The molecule has 2 heterocycles. The topological polar surface area (TPSA) is 61.9 Å². The zero-order chi connectivity index (χ0) is 22.8. The van der Waals surface area contributed by atoms with Gasteiger partial charge in [0, 0.05) is 44.6 Å². The van der Waals surface area contributed by atoms with Gasteiger partial charge in [-0.3, -0.25) is 9.59 Å². The molecular weight excluding hydrogens is 414 g/mol. The summed E-state index contributed by atoms with van der Waals surface area (Å²) in [6.45, 7) is 11.0. The first kappa shape index (κ1) is 24.0. The molecule has 0 spiro atoms. The maximum atomic E-state index is 13.6. The Bertz CT molecular complexity index is 819. The molecule has 0 aliphatic carbocycles. The summed E-state index contributed by atoms with van der Waals surface area (Å²) in [5.74, 6) is -0.00855. The number of fused-ring (bicyclic) bond motifs is 1. The van der Waals surface area contributed by atoms with Crippen molar-refractivity contribution >= 4 is 29.1 Å². The molecule has 1 atom stereocenters. The first-order chi connectivity index (χ1) is 14.7. The van der Waals surface area contributed by atoms with Gasteiger partial charge in [-0.2, -0.15) is 0 Å². The van der Waals surface area contributed by atoms with Crippen molar-refractivity contribution in [2.45, 2.75) is 70.9 Å². The van der Waals surface area contributed by atoms with Crippen LogP contribution >= 0.6 is 11.6 Å². The highest BCUT2D eigenvalue weighted by Gasteiger charge is 2.44. The van der Waals surface area contributed by atoms with Crippen molar-refractivity contribution < 1.29 is 14.3 Å². The second-order valence-corrected chi connectivity index (χ2v) is 9.84. The fourth-order valence-corrected chi connectivity index (χ4v) is 5.03. The van der Waals surface area contributed by atoms with E-state index in [1.807, 2.05) is 49.6 Å². The Morgan fingerprint density at radius 1 is 1.35 bits per heavy atom. The first-order valence-corrected chi connectivity index (χ1v) is 11.8. The van der Waals surface area contributed by atoms with Gasteiger partial charge in [-0.15, -0.1) is 0 Å². The highest BCUT2D eigenvalue weighted by Crippen LogP contribution is 2.44. The predicted octanol–water partition coefficient (Wildman–Crippen LogP) is 3.99. The summed E-state index contributed by atoms with van der Waals surface area (Å²) < 4.78 is 5.14. The second kappa shape index (κ2) is 9.88. The average Bonchev–Trinajstić information content (AvgIpc) is 2.91.